The highest BCUT2D eigenvalue weighted by Gasteiger charge is 2.10. The highest BCUT2D eigenvalue weighted by Crippen LogP contribution is 2.27. The van der Waals surface area contributed by atoms with E-state index >= 15 is 0 Å². The lowest BCUT2D eigenvalue weighted by molar-refractivity contribution is 0.275. The van der Waals surface area contributed by atoms with Crippen LogP contribution < -0.4 is 5.73 Å². The minimum absolute atomic E-state index is 0. The molecule has 1 aromatic carbocycles. The minimum atomic E-state index is -0.317. The molecule has 3 nitrogen and oxygen atoms in total. The Hall–Kier alpha value is -0.290. The number of aromatic hydroxyl groups is 1. The number of aliphatic hydroxyl groups excluding tert-OH is 1. The van der Waals surface area contributed by atoms with Gasteiger partial charge in [-0.05, 0) is 24.6 Å². The van der Waals surface area contributed by atoms with Crippen molar-refractivity contribution in [1.29, 1.82) is 0 Å². The average molecular weight is 283 g/mol. The molecule has 0 aliphatic heterocycles. The average Bonchev–Trinajstić information content (AvgIpc) is 2.09. The summed E-state index contributed by atoms with van der Waals surface area (Å²) < 4.78 is 0.869. The first-order chi connectivity index (χ1) is 6.15. The third-order valence-corrected chi connectivity index (χ3v) is 2.32. The lowest BCUT2D eigenvalue weighted by atomic mass is 10.0. The number of phenolic OH excluding ortho intramolecular Hbond substituents is 1. The van der Waals surface area contributed by atoms with Crippen LogP contribution in [0, 0.1) is 0 Å². The number of hydrogen-bond acceptors (Lipinski definition) is 3. The van der Waals surface area contributed by atoms with Crippen LogP contribution in [0.1, 0.15) is 18.0 Å². The second kappa shape index (κ2) is 6.24. The molecule has 5 heteroatoms. The molecular weight excluding hydrogens is 269 g/mol. The predicted octanol–water partition coefficient (Wildman–Crippen LogP) is 1.96. The first kappa shape index (κ1) is 13.7. The first-order valence-corrected chi connectivity index (χ1v) is 4.79. The lowest BCUT2D eigenvalue weighted by Gasteiger charge is -2.12. The highest BCUT2D eigenvalue weighted by molar-refractivity contribution is 9.10. The summed E-state index contributed by atoms with van der Waals surface area (Å²) in [5, 5.41) is 18.1. The normalized spacial score (nSPS) is 11.9. The summed E-state index contributed by atoms with van der Waals surface area (Å²) >= 11 is 3.29. The van der Waals surface area contributed by atoms with Crippen molar-refractivity contribution < 1.29 is 10.2 Å². The molecule has 14 heavy (non-hydrogen) atoms. The molecule has 0 aromatic heterocycles. The monoisotopic (exact) mass is 281 g/mol. The Morgan fingerprint density at radius 2 is 2.07 bits per heavy atom. The molecular formula is C9H13BrClNO2. The van der Waals surface area contributed by atoms with Gasteiger partial charge in [-0.1, -0.05) is 15.9 Å². The Kier molecular flexibility index (Phi) is 6.11. The van der Waals surface area contributed by atoms with Gasteiger partial charge in [-0.25, -0.2) is 0 Å². The molecule has 0 bridgehead atoms. The van der Waals surface area contributed by atoms with Crippen molar-refractivity contribution in [3.63, 3.8) is 0 Å². The quantitative estimate of drug-likeness (QED) is 0.794. The van der Waals surface area contributed by atoms with Crippen molar-refractivity contribution in [2.45, 2.75) is 12.5 Å². The molecule has 1 atom stereocenters. The van der Waals surface area contributed by atoms with Crippen LogP contribution in [0.25, 0.3) is 0 Å². The summed E-state index contributed by atoms with van der Waals surface area (Å²) in [6.45, 7) is 0.0210. The summed E-state index contributed by atoms with van der Waals surface area (Å²) in [4.78, 5) is 0. The largest absolute Gasteiger partial charge is 0.508 e. The topological polar surface area (TPSA) is 66.5 Å². The molecule has 1 aromatic rings. The van der Waals surface area contributed by atoms with Crippen molar-refractivity contribution in [1.82, 2.24) is 0 Å². The smallest absolute Gasteiger partial charge is 0.120 e. The molecule has 0 fully saturated rings. The molecule has 1 unspecified atom stereocenters. The zero-order chi connectivity index (χ0) is 9.84. The Bertz CT molecular complexity index is 296. The third-order valence-electron chi connectivity index (χ3n) is 1.83. The fourth-order valence-corrected chi connectivity index (χ4v) is 1.50. The van der Waals surface area contributed by atoms with E-state index in [1.54, 1.807) is 18.2 Å². The lowest BCUT2D eigenvalue weighted by Crippen LogP contribution is -2.12. The van der Waals surface area contributed by atoms with Crippen molar-refractivity contribution in [2.75, 3.05) is 6.61 Å². The van der Waals surface area contributed by atoms with Gasteiger partial charge in [0, 0.05) is 22.7 Å². The number of nitrogens with two attached hydrogens (primary N) is 1. The molecule has 80 valence electrons. The fraction of sp³-hybridized carbons (Fsp3) is 0.333. The van der Waals surface area contributed by atoms with Crippen LogP contribution in [0.2, 0.25) is 0 Å². The highest BCUT2D eigenvalue weighted by atomic mass is 79.9. The zero-order valence-corrected chi connectivity index (χ0v) is 9.88. The Morgan fingerprint density at radius 1 is 1.43 bits per heavy atom. The summed E-state index contributed by atoms with van der Waals surface area (Å²) in [5.41, 5.74) is 6.39. The van der Waals surface area contributed by atoms with Crippen LogP contribution >= 0.6 is 28.3 Å². The van der Waals surface area contributed by atoms with Crippen LogP contribution in [-0.4, -0.2) is 16.8 Å². The molecule has 0 spiro atoms. The Labute approximate surface area is 97.5 Å². The first-order valence-electron chi connectivity index (χ1n) is 4.00. The number of benzene rings is 1. The van der Waals surface area contributed by atoms with Crippen molar-refractivity contribution in [2.24, 2.45) is 5.73 Å². The van der Waals surface area contributed by atoms with Crippen LogP contribution in [0.15, 0.2) is 22.7 Å². The molecule has 0 amide bonds. The minimum Gasteiger partial charge on any atom is -0.508 e. The van der Waals surface area contributed by atoms with Gasteiger partial charge in [0.25, 0.3) is 0 Å². The third kappa shape index (κ3) is 3.46. The number of phenols is 1. The molecule has 0 radical (unpaired) electrons. The van der Waals surface area contributed by atoms with E-state index in [1.165, 1.54) is 0 Å². The number of halogens is 2. The number of rotatable bonds is 3. The molecule has 0 saturated heterocycles. The number of hydrogen-bond donors (Lipinski definition) is 3. The van der Waals surface area contributed by atoms with E-state index in [9.17, 15) is 5.11 Å². The van der Waals surface area contributed by atoms with Crippen molar-refractivity contribution in [3.05, 3.63) is 28.2 Å². The maximum Gasteiger partial charge on any atom is 0.120 e. The Morgan fingerprint density at radius 3 is 2.64 bits per heavy atom. The predicted molar refractivity (Wildman–Crippen MR) is 61.7 cm³/mol. The van der Waals surface area contributed by atoms with E-state index in [4.69, 9.17) is 10.8 Å². The van der Waals surface area contributed by atoms with E-state index in [2.05, 4.69) is 15.9 Å². The standard InChI is InChI=1S/C9H12BrNO2.ClH/c10-6-1-2-9(13)7(5-6)8(11)3-4-12;/h1-2,5,8,12-13H,3-4,11H2;1H. The van der Waals surface area contributed by atoms with Gasteiger partial charge in [0.2, 0.25) is 0 Å². The molecule has 0 saturated carbocycles. The maximum atomic E-state index is 9.45. The van der Waals surface area contributed by atoms with Crippen LogP contribution in [0.3, 0.4) is 0 Å². The van der Waals surface area contributed by atoms with Gasteiger partial charge in [-0.3, -0.25) is 0 Å². The van der Waals surface area contributed by atoms with Gasteiger partial charge in [0.1, 0.15) is 5.75 Å². The second-order valence-electron chi connectivity index (χ2n) is 2.82. The van der Waals surface area contributed by atoms with Gasteiger partial charge >= 0.3 is 0 Å². The maximum absolute atomic E-state index is 9.45. The zero-order valence-electron chi connectivity index (χ0n) is 7.48. The fourth-order valence-electron chi connectivity index (χ4n) is 1.12. The summed E-state index contributed by atoms with van der Waals surface area (Å²) in [5.74, 6) is 0.171. The van der Waals surface area contributed by atoms with Crippen LogP contribution in [0.4, 0.5) is 0 Å². The van der Waals surface area contributed by atoms with Gasteiger partial charge in [-0.2, -0.15) is 0 Å². The van der Waals surface area contributed by atoms with E-state index in [0.717, 1.165) is 4.47 Å². The molecule has 0 aliphatic carbocycles. The van der Waals surface area contributed by atoms with Gasteiger partial charge in [0.05, 0.1) is 0 Å². The van der Waals surface area contributed by atoms with E-state index in [1.807, 2.05) is 0 Å². The Balaban J connectivity index is 0.00000169. The van der Waals surface area contributed by atoms with Crippen LogP contribution in [0.5, 0.6) is 5.75 Å². The van der Waals surface area contributed by atoms with Crippen molar-refractivity contribution >= 4 is 28.3 Å². The summed E-state index contributed by atoms with van der Waals surface area (Å²) in [6, 6.07) is 4.76. The van der Waals surface area contributed by atoms with Crippen LogP contribution in [-0.2, 0) is 0 Å². The van der Waals surface area contributed by atoms with E-state index in [-0.39, 0.29) is 30.8 Å². The summed E-state index contributed by atoms with van der Waals surface area (Å²) in [6.07, 6.45) is 0.448. The molecule has 4 N–H and O–H groups in total. The van der Waals surface area contributed by atoms with Gasteiger partial charge in [0.15, 0.2) is 0 Å². The van der Waals surface area contributed by atoms with Gasteiger partial charge in [-0.15, -0.1) is 12.4 Å². The second-order valence-corrected chi connectivity index (χ2v) is 3.74. The SMILES string of the molecule is Cl.NC(CCO)c1cc(Br)ccc1O. The van der Waals surface area contributed by atoms with E-state index in [0.29, 0.717) is 12.0 Å². The molecule has 0 heterocycles. The molecule has 1 rings (SSSR count). The van der Waals surface area contributed by atoms with Gasteiger partial charge < -0.3 is 15.9 Å². The number of aliphatic hydroxyl groups is 1. The molecule has 0 aliphatic rings. The summed E-state index contributed by atoms with van der Waals surface area (Å²) in [7, 11) is 0. The van der Waals surface area contributed by atoms with E-state index < -0.39 is 0 Å². The van der Waals surface area contributed by atoms with Crippen molar-refractivity contribution in [3.8, 4) is 5.75 Å².